The Morgan fingerprint density at radius 2 is 1.81 bits per heavy atom. The molecule has 1 aromatic heterocycles. The van der Waals surface area contributed by atoms with Crippen LogP contribution < -0.4 is 25.0 Å². The van der Waals surface area contributed by atoms with Crippen molar-refractivity contribution >= 4 is 22.5 Å². The number of ether oxygens (including phenoxy) is 3. The summed E-state index contributed by atoms with van der Waals surface area (Å²) in [6.45, 7) is 1.24. The summed E-state index contributed by atoms with van der Waals surface area (Å²) < 4.78 is 15.8. The monoisotopic (exact) mass is 423 g/mol. The van der Waals surface area contributed by atoms with Crippen LogP contribution in [0.3, 0.4) is 0 Å². The zero-order valence-electron chi connectivity index (χ0n) is 17.8. The highest BCUT2D eigenvalue weighted by atomic mass is 16.5. The number of aromatic amines is 1. The lowest BCUT2D eigenvalue weighted by Gasteiger charge is -2.28. The number of H-pyrrole nitrogens is 1. The lowest BCUT2D eigenvalue weighted by Crippen LogP contribution is -2.39. The number of benzene rings is 2. The molecule has 4 rings (SSSR count). The summed E-state index contributed by atoms with van der Waals surface area (Å²) in [5, 5.41) is 3.47. The van der Waals surface area contributed by atoms with Crippen LogP contribution in [-0.2, 0) is 17.8 Å². The van der Waals surface area contributed by atoms with Gasteiger partial charge in [-0.05, 0) is 30.3 Å². The molecule has 8 heteroatoms. The number of carbonyl (C=O) groups is 1. The van der Waals surface area contributed by atoms with Crippen LogP contribution in [0.4, 0.5) is 5.69 Å². The Labute approximate surface area is 179 Å². The molecule has 0 unspecified atom stereocenters. The van der Waals surface area contributed by atoms with E-state index in [1.54, 1.807) is 45.6 Å². The number of aromatic nitrogens is 1. The number of pyridine rings is 1. The fraction of sp³-hybridized carbons (Fsp3) is 0.304. The van der Waals surface area contributed by atoms with E-state index in [-0.39, 0.29) is 17.9 Å². The molecule has 1 aliphatic rings. The van der Waals surface area contributed by atoms with E-state index >= 15 is 0 Å². The number of methoxy groups -OCH3 is 3. The Morgan fingerprint density at radius 1 is 1.06 bits per heavy atom. The first-order valence-corrected chi connectivity index (χ1v) is 9.98. The molecule has 2 N–H and O–H groups in total. The molecular formula is C23H25N3O5. The largest absolute Gasteiger partial charge is 0.497 e. The molecule has 0 spiro atoms. The van der Waals surface area contributed by atoms with E-state index in [4.69, 9.17) is 14.2 Å². The molecule has 1 aliphatic heterocycles. The summed E-state index contributed by atoms with van der Waals surface area (Å²) in [4.78, 5) is 31.1. The minimum absolute atomic E-state index is 0.0257. The van der Waals surface area contributed by atoms with Gasteiger partial charge in [0.25, 0.3) is 0 Å². The lowest BCUT2D eigenvalue weighted by molar-refractivity contribution is -0.117. The second-order valence-electron chi connectivity index (χ2n) is 7.40. The van der Waals surface area contributed by atoms with Gasteiger partial charge in [-0.25, -0.2) is 0 Å². The zero-order chi connectivity index (χ0) is 22.0. The molecule has 3 aromatic rings. The molecule has 2 aromatic carbocycles. The van der Waals surface area contributed by atoms with E-state index in [1.165, 1.54) is 0 Å². The predicted octanol–water partition coefficient (Wildman–Crippen LogP) is 2.55. The molecule has 0 saturated carbocycles. The van der Waals surface area contributed by atoms with E-state index in [9.17, 15) is 9.59 Å². The Morgan fingerprint density at radius 3 is 2.55 bits per heavy atom. The summed E-state index contributed by atoms with van der Waals surface area (Å²) in [7, 11) is 4.69. The smallest absolute Gasteiger partial charge is 0.238 e. The number of fused-ring (bicyclic) bond motifs is 2. The van der Waals surface area contributed by atoms with Crippen molar-refractivity contribution in [2.45, 2.75) is 13.0 Å². The van der Waals surface area contributed by atoms with Crippen LogP contribution in [0, 0.1) is 0 Å². The Balaban J connectivity index is 1.52. The second kappa shape index (κ2) is 8.69. The highest BCUT2D eigenvalue weighted by Gasteiger charge is 2.23. The molecule has 0 fully saturated rings. The van der Waals surface area contributed by atoms with Crippen molar-refractivity contribution in [1.29, 1.82) is 0 Å². The van der Waals surface area contributed by atoms with Gasteiger partial charge in [-0.1, -0.05) is 0 Å². The molecule has 0 saturated heterocycles. The minimum atomic E-state index is -0.186. The van der Waals surface area contributed by atoms with E-state index in [0.29, 0.717) is 53.4 Å². The van der Waals surface area contributed by atoms with Crippen LogP contribution in [0.15, 0.2) is 41.2 Å². The van der Waals surface area contributed by atoms with Gasteiger partial charge in [-0.2, -0.15) is 0 Å². The molecule has 1 amide bonds. The molecule has 0 radical (unpaired) electrons. The highest BCUT2D eigenvalue weighted by Crippen LogP contribution is 2.29. The first-order chi connectivity index (χ1) is 15.0. The van der Waals surface area contributed by atoms with Crippen LogP contribution in [-0.4, -0.2) is 50.2 Å². The molecule has 8 nitrogen and oxygen atoms in total. The van der Waals surface area contributed by atoms with Crippen molar-refractivity contribution in [2.75, 3.05) is 39.7 Å². The van der Waals surface area contributed by atoms with Crippen LogP contribution in [0.2, 0.25) is 0 Å². The molecule has 31 heavy (non-hydrogen) atoms. The number of anilines is 1. The number of hydrogen-bond donors (Lipinski definition) is 2. The van der Waals surface area contributed by atoms with Gasteiger partial charge < -0.3 is 24.5 Å². The summed E-state index contributed by atoms with van der Waals surface area (Å²) in [5.41, 5.74) is 2.93. The number of hydrogen-bond acceptors (Lipinski definition) is 6. The van der Waals surface area contributed by atoms with Crippen molar-refractivity contribution in [3.63, 3.8) is 0 Å². The molecule has 2 heterocycles. The summed E-state index contributed by atoms with van der Waals surface area (Å²) in [5.74, 6) is 1.62. The lowest BCUT2D eigenvalue weighted by atomic mass is 10.0. The summed E-state index contributed by atoms with van der Waals surface area (Å²) in [6.07, 6.45) is 0.669. The van der Waals surface area contributed by atoms with E-state index < -0.39 is 0 Å². The number of carbonyl (C=O) groups excluding carboxylic acids is 1. The fourth-order valence-electron chi connectivity index (χ4n) is 3.88. The van der Waals surface area contributed by atoms with Gasteiger partial charge in [-0.3, -0.25) is 14.5 Å². The van der Waals surface area contributed by atoms with Crippen LogP contribution >= 0.6 is 0 Å². The van der Waals surface area contributed by atoms with E-state index in [0.717, 1.165) is 11.2 Å². The van der Waals surface area contributed by atoms with Crippen LogP contribution in [0.25, 0.3) is 10.9 Å². The first kappa shape index (κ1) is 20.7. The summed E-state index contributed by atoms with van der Waals surface area (Å²) in [6, 6.07) is 10.7. The normalized spacial score (nSPS) is 13.5. The Bertz CT molecular complexity index is 1190. The molecule has 0 aliphatic carbocycles. The van der Waals surface area contributed by atoms with Gasteiger partial charge in [-0.15, -0.1) is 0 Å². The van der Waals surface area contributed by atoms with Crippen molar-refractivity contribution in [3.8, 4) is 17.2 Å². The van der Waals surface area contributed by atoms with Gasteiger partial charge in [0.15, 0.2) is 5.43 Å². The van der Waals surface area contributed by atoms with Gasteiger partial charge in [0.2, 0.25) is 5.91 Å². The van der Waals surface area contributed by atoms with Crippen molar-refractivity contribution in [3.05, 3.63) is 57.9 Å². The van der Waals surface area contributed by atoms with E-state index in [1.807, 2.05) is 17.0 Å². The van der Waals surface area contributed by atoms with Crippen molar-refractivity contribution in [1.82, 2.24) is 9.88 Å². The fourth-order valence-corrected chi connectivity index (χ4v) is 3.88. The minimum Gasteiger partial charge on any atom is -0.497 e. The third kappa shape index (κ3) is 4.20. The second-order valence-corrected chi connectivity index (χ2v) is 7.40. The van der Waals surface area contributed by atoms with E-state index in [2.05, 4.69) is 10.3 Å². The maximum absolute atomic E-state index is 13.1. The number of nitrogens with zero attached hydrogens (tertiary/aromatic N) is 1. The number of nitrogens with one attached hydrogen (secondary N) is 2. The average molecular weight is 423 g/mol. The number of amides is 1. The highest BCUT2D eigenvalue weighted by molar-refractivity contribution is 5.94. The standard InChI is InChI=1S/C23H25N3O5/c1-29-14-4-6-18-16(10-14)23(28)17-12-26(9-8-19(17)24-18)13-22(27)25-20-11-15(30-2)5-7-21(20)31-3/h4-7,10-11H,8-9,12-13H2,1-3H3,(H,24,28)(H,25,27). The predicted molar refractivity (Wildman–Crippen MR) is 118 cm³/mol. The SMILES string of the molecule is COc1ccc(OC)c(NC(=O)CN2CCc3[nH]c4ccc(OC)cc4c(=O)c3C2)c1. The van der Waals surface area contributed by atoms with Gasteiger partial charge >= 0.3 is 0 Å². The van der Waals surface area contributed by atoms with Gasteiger partial charge in [0, 0.05) is 47.7 Å². The average Bonchev–Trinajstić information content (AvgIpc) is 2.79. The molecule has 0 bridgehead atoms. The first-order valence-electron chi connectivity index (χ1n) is 9.98. The van der Waals surface area contributed by atoms with Crippen LogP contribution in [0.1, 0.15) is 11.3 Å². The maximum atomic E-state index is 13.1. The van der Waals surface area contributed by atoms with Crippen molar-refractivity contribution in [2.24, 2.45) is 0 Å². The Hall–Kier alpha value is -3.52. The number of rotatable bonds is 6. The zero-order valence-corrected chi connectivity index (χ0v) is 17.8. The Kier molecular flexibility index (Phi) is 5.81. The molecular weight excluding hydrogens is 398 g/mol. The quantitative estimate of drug-likeness (QED) is 0.633. The van der Waals surface area contributed by atoms with Gasteiger partial charge in [0.05, 0.1) is 33.6 Å². The third-order valence-corrected chi connectivity index (χ3v) is 5.50. The molecule has 0 atom stereocenters. The topological polar surface area (TPSA) is 92.9 Å². The maximum Gasteiger partial charge on any atom is 0.238 e. The third-order valence-electron chi connectivity index (χ3n) is 5.50. The molecule has 162 valence electrons. The van der Waals surface area contributed by atoms with Gasteiger partial charge in [0.1, 0.15) is 17.2 Å². The summed E-state index contributed by atoms with van der Waals surface area (Å²) >= 11 is 0. The van der Waals surface area contributed by atoms with Crippen LogP contribution in [0.5, 0.6) is 17.2 Å². The van der Waals surface area contributed by atoms with Crippen molar-refractivity contribution < 1.29 is 19.0 Å².